The van der Waals surface area contributed by atoms with Gasteiger partial charge in [-0.05, 0) is 85.8 Å². The fourth-order valence-corrected chi connectivity index (χ4v) is 10.5. The highest BCUT2D eigenvalue weighted by atomic mass is 19.4. The van der Waals surface area contributed by atoms with Gasteiger partial charge in [0.2, 0.25) is 11.8 Å². The van der Waals surface area contributed by atoms with Gasteiger partial charge >= 0.3 is 6.18 Å². The highest BCUT2D eigenvalue weighted by Crippen LogP contribution is 2.56. The van der Waals surface area contributed by atoms with Crippen molar-refractivity contribution in [2.45, 2.75) is 77.7 Å². The van der Waals surface area contributed by atoms with E-state index in [4.69, 9.17) is 10.00 Å². The van der Waals surface area contributed by atoms with Crippen LogP contribution in [-0.4, -0.2) is 103 Å². The molecular formula is C46H50F3N7O6. The second kappa shape index (κ2) is 16.1. The fraction of sp³-hybridized carbons (Fsp3) is 0.478. The Morgan fingerprint density at radius 2 is 1.45 bits per heavy atom. The normalized spacial score (nSPS) is 24.0. The number of anilines is 2. The van der Waals surface area contributed by atoms with Crippen LogP contribution in [0.5, 0.6) is 5.75 Å². The molecule has 16 heteroatoms. The van der Waals surface area contributed by atoms with Crippen LogP contribution in [0.2, 0.25) is 0 Å². The number of hydrogen-bond acceptors (Lipinski definition) is 10. The summed E-state index contributed by atoms with van der Waals surface area (Å²) in [6, 6.07) is 16.5. The Hall–Kier alpha value is -5.95. The smallest absolute Gasteiger partial charge is 0.417 e. The molecule has 13 nitrogen and oxygen atoms in total. The van der Waals surface area contributed by atoms with Crippen LogP contribution >= 0.6 is 0 Å². The van der Waals surface area contributed by atoms with Crippen molar-refractivity contribution in [2.24, 2.45) is 16.7 Å². The molecule has 3 saturated heterocycles. The number of piperidine rings is 2. The predicted molar refractivity (Wildman–Crippen MR) is 223 cm³/mol. The fourth-order valence-electron chi connectivity index (χ4n) is 10.5. The van der Waals surface area contributed by atoms with Gasteiger partial charge in [-0.3, -0.25) is 39.1 Å². The molecule has 326 valence electrons. The summed E-state index contributed by atoms with van der Waals surface area (Å²) in [5, 5.41) is 14.5. The Balaban J connectivity index is 0.794. The van der Waals surface area contributed by atoms with Crippen LogP contribution < -0.4 is 25.2 Å². The van der Waals surface area contributed by atoms with Crippen LogP contribution in [0.4, 0.5) is 24.5 Å². The number of carbonyl (C=O) groups is 5. The van der Waals surface area contributed by atoms with Crippen molar-refractivity contribution < 1.29 is 41.9 Å². The van der Waals surface area contributed by atoms with Crippen molar-refractivity contribution in [2.75, 3.05) is 55.6 Å². The Morgan fingerprint density at radius 1 is 0.823 bits per heavy atom. The van der Waals surface area contributed by atoms with Crippen molar-refractivity contribution in [1.29, 1.82) is 5.26 Å². The average molecular weight is 854 g/mol. The highest BCUT2D eigenvalue weighted by molar-refractivity contribution is 6.23. The zero-order chi connectivity index (χ0) is 44.3. The molecule has 8 rings (SSSR count). The Bertz CT molecular complexity index is 2330. The van der Waals surface area contributed by atoms with Gasteiger partial charge in [-0.15, -0.1) is 0 Å². The van der Waals surface area contributed by atoms with E-state index >= 15 is 0 Å². The number of rotatable bonds is 9. The van der Waals surface area contributed by atoms with Gasteiger partial charge in [-0.25, -0.2) is 0 Å². The first kappa shape index (κ1) is 42.7. The lowest BCUT2D eigenvalue weighted by Gasteiger charge is -2.63. The molecule has 1 aliphatic carbocycles. The summed E-state index contributed by atoms with van der Waals surface area (Å²) in [4.78, 5) is 72.1. The number of fused-ring (bicyclic) bond motifs is 1. The summed E-state index contributed by atoms with van der Waals surface area (Å²) in [5.41, 5.74) is 0.231. The van der Waals surface area contributed by atoms with Gasteiger partial charge in [0.15, 0.2) is 0 Å². The quantitative estimate of drug-likeness (QED) is 0.259. The van der Waals surface area contributed by atoms with Crippen molar-refractivity contribution in [1.82, 2.24) is 20.4 Å². The molecule has 3 aromatic carbocycles. The number of carbonyl (C=O) groups excluding carboxylic acids is 5. The lowest BCUT2D eigenvalue weighted by atomic mass is 9.49. The molecule has 2 N–H and O–H groups in total. The molecule has 4 heterocycles. The lowest BCUT2D eigenvalue weighted by Crippen LogP contribution is -2.74. The van der Waals surface area contributed by atoms with E-state index in [-0.39, 0.29) is 41.7 Å². The molecule has 5 amide bonds. The number of nitrogens with one attached hydrogen (secondary N) is 2. The SMILES string of the molecule is CC1(C)[C@H](NC(=O)c2ccc(N3CCN(CC4CCN(c5ccc6c(c5)C(=O)N(C5CCC(=O)NC5=O)C6=O)CC4)CC3)cc2)C(C)(C)[C@H]1Oc1ccc(C#N)c(C(F)(F)F)c1. The molecular weight excluding hydrogens is 804 g/mol. The Labute approximate surface area is 358 Å². The number of nitrogens with zero attached hydrogens (tertiary/aromatic N) is 5. The molecule has 1 atom stereocenters. The number of imide groups is 2. The van der Waals surface area contributed by atoms with E-state index in [1.54, 1.807) is 18.2 Å². The van der Waals surface area contributed by atoms with Gasteiger partial charge in [0, 0.05) is 86.0 Å². The minimum absolute atomic E-state index is 0.0157. The molecule has 5 aliphatic rings. The van der Waals surface area contributed by atoms with Crippen molar-refractivity contribution >= 4 is 40.9 Å². The second-order valence-electron chi connectivity index (χ2n) is 18.3. The Kier molecular flexibility index (Phi) is 11.1. The van der Waals surface area contributed by atoms with Crippen LogP contribution in [0.25, 0.3) is 0 Å². The summed E-state index contributed by atoms with van der Waals surface area (Å²) in [5.74, 6) is -1.75. The zero-order valence-electron chi connectivity index (χ0n) is 35.2. The number of halogens is 3. The number of benzene rings is 3. The summed E-state index contributed by atoms with van der Waals surface area (Å²) in [6.45, 7) is 13.8. The molecule has 4 aliphatic heterocycles. The maximum Gasteiger partial charge on any atom is 0.417 e. The number of amides is 5. The molecule has 0 bridgehead atoms. The predicted octanol–water partition coefficient (Wildman–Crippen LogP) is 5.63. The molecule has 1 saturated carbocycles. The largest absolute Gasteiger partial charge is 0.489 e. The maximum atomic E-state index is 13.6. The van der Waals surface area contributed by atoms with E-state index in [1.807, 2.05) is 58.0 Å². The molecule has 0 radical (unpaired) electrons. The van der Waals surface area contributed by atoms with Gasteiger partial charge in [0.1, 0.15) is 17.9 Å². The van der Waals surface area contributed by atoms with Crippen LogP contribution in [0.15, 0.2) is 60.7 Å². The summed E-state index contributed by atoms with van der Waals surface area (Å²) in [7, 11) is 0. The van der Waals surface area contributed by atoms with Gasteiger partial charge in [-0.1, -0.05) is 27.7 Å². The average Bonchev–Trinajstić information content (AvgIpc) is 3.49. The third kappa shape index (κ3) is 7.87. The summed E-state index contributed by atoms with van der Waals surface area (Å²) < 4.78 is 46.9. The van der Waals surface area contributed by atoms with Crippen molar-refractivity contribution in [3.63, 3.8) is 0 Å². The van der Waals surface area contributed by atoms with Crippen LogP contribution in [0.3, 0.4) is 0 Å². The number of nitriles is 1. The summed E-state index contributed by atoms with van der Waals surface area (Å²) >= 11 is 0. The van der Waals surface area contributed by atoms with Crippen molar-refractivity contribution in [3.8, 4) is 11.8 Å². The number of piperazine rings is 1. The van der Waals surface area contributed by atoms with Crippen molar-refractivity contribution in [3.05, 3.63) is 88.5 Å². The van der Waals surface area contributed by atoms with E-state index in [0.29, 0.717) is 11.5 Å². The number of ether oxygens (including phenoxy) is 1. The standard InChI is InChI=1S/C46H50F3N7O6/c1-44(2)42(45(3,4)43(44)62-32-11-7-29(25-50)35(24-32)46(47,48)49)52-38(58)28-5-8-30(9-6-28)55-21-19-53(20-22-55)26-27-15-17-54(18-16-27)31-10-12-33-34(23-31)41(61)56(40(33)60)36-13-14-37(57)51-39(36)59/h5-12,23-24,27,36,42-43H,13-22,26H2,1-4H3,(H,52,58)(H,51,57,59)/t36?,42-,43-. The van der Waals surface area contributed by atoms with Gasteiger partial charge in [-0.2, -0.15) is 18.4 Å². The molecule has 4 fully saturated rings. The first-order valence-corrected chi connectivity index (χ1v) is 21.1. The molecule has 0 spiro atoms. The zero-order valence-corrected chi connectivity index (χ0v) is 35.2. The van der Waals surface area contributed by atoms with E-state index in [2.05, 4.69) is 25.3 Å². The second-order valence-corrected chi connectivity index (χ2v) is 18.3. The minimum atomic E-state index is -4.70. The number of alkyl halides is 3. The first-order chi connectivity index (χ1) is 29.4. The van der Waals surface area contributed by atoms with Gasteiger partial charge < -0.3 is 19.9 Å². The highest BCUT2D eigenvalue weighted by Gasteiger charge is 2.64. The van der Waals surface area contributed by atoms with E-state index < -0.39 is 63.9 Å². The molecule has 3 aromatic rings. The van der Waals surface area contributed by atoms with Crippen LogP contribution in [-0.2, 0) is 15.8 Å². The van der Waals surface area contributed by atoms with Gasteiger partial charge in [0.05, 0.1) is 28.3 Å². The van der Waals surface area contributed by atoms with Crippen LogP contribution in [0, 0.1) is 28.1 Å². The van der Waals surface area contributed by atoms with E-state index in [1.165, 1.54) is 6.07 Å². The first-order valence-electron chi connectivity index (χ1n) is 21.1. The van der Waals surface area contributed by atoms with Crippen LogP contribution in [0.1, 0.15) is 95.6 Å². The molecule has 0 aromatic heterocycles. The monoisotopic (exact) mass is 853 g/mol. The maximum absolute atomic E-state index is 13.6. The third-order valence-corrected chi connectivity index (χ3v) is 13.6. The number of hydrogen-bond donors (Lipinski definition) is 2. The molecule has 1 unspecified atom stereocenters. The topological polar surface area (TPSA) is 155 Å². The summed E-state index contributed by atoms with van der Waals surface area (Å²) in [6.07, 6.45) is -3.05. The molecule has 62 heavy (non-hydrogen) atoms. The van der Waals surface area contributed by atoms with E-state index in [9.17, 15) is 37.1 Å². The lowest BCUT2D eigenvalue weighted by molar-refractivity contribution is -0.164. The minimum Gasteiger partial charge on any atom is -0.489 e. The van der Waals surface area contributed by atoms with Gasteiger partial charge in [0.25, 0.3) is 17.7 Å². The third-order valence-electron chi connectivity index (χ3n) is 13.6. The Morgan fingerprint density at radius 3 is 2.08 bits per heavy atom. The van der Waals surface area contributed by atoms with E-state index in [0.717, 1.165) is 87.1 Å².